The molecule has 0 radical (unpaired) electrons. The van der Waals surface area contributed by atoms with Crippen LogP contribution in [0.2, 0.25) is 0 Å². The number of ketones is 2. The molecule has 0 fully saturated rings. The van der Waals surface area contributed by atoms with Gasteiger partial charge in [0.05, 0.1) is 4.92 Å². The van der Waals surface area contributed by atoms with Crippen LogP contribution in [0.4, 0.5) is 11.4 Å². The van der Waals surface area contributed by atoms with Gasteiger partial charge >= 0.3 is 0 Å². The normalized spacial score (nSPS) is 13.5. The molecule has 130 valence electrons. The quantitative estimate of drug-likeness (QED) is 0.608. The topological polar surface area (TPSA) is 97.6 Å². The number of halogens is 1. The summed E-state index contributed by atoms with van der Waals surface area (Å²) >= 11 is 6.13. The lowest BCUT2D eigenvalue weighted by atomic mass is 9.91. The van der Waals surface area contributed by atoms with Crippen LogP contribution in [0.15, 0.2) is 59.3 Å². The molecule has 0 atom stereocenters. The zero-order chi connectivity index (χ0) is 19.0. The number of amides is 1. The summed E-state index contributed by atoms with van der Waals surface area (Å²) in [5.41, 5.74) is 0.0609. The number of carbonyl (C=O) groups excluding carboxylic acids is 3. The van der Waals surface area contributed by atoms with E-state index in [2.05, 4.69) is 0 Å². The molecule has 0 saturated carbocycles. The average molecular weight is 371 g/mol. The van der Waals surface area contributed by atoms with Crippen molar-refractivity contribution in [1.29, 1.82) is 0 Å². The van der Waals surface area contributed by atoms with E-state index in [0.29, 0.717) is 0 Å². The van der Waals surface area contributed by atoms with E-state index >= 15 is 0 Å². The molecule has 26 heavy (non-hydrogen) atoms. The average Bonchev–Trinajstić information content (AvgIpc) is 2.63. The van der Waals surface area contributed by atoms with Crippen molar-refractivity contribution in [3.05, 3.63) is 80.5 Å². The van der Waals surface area contributed by atoms with E-state index in [4.69, 9.17) is 11.6 Å². The van der Waals surface area contributed by atoms with Crippen LogP contribution in [0.3, 0.4) is 0 Å². The number of fused-ring (bicyclic) bond motifs is 1. The molecule has 1 aliphatic carbocycles. The lowest BCUT2D eigenvalue weighted by molar-refractivity contribution is -0.384. The molecule has 2 aromatic carbocycles. The Morgan fingerprint density at radius 2 is 1.54 bits per heavy atom. The molecule has 7 nitrogen and oxygen atoms in total. The van der Waals surface area contributed by atoms with Crippen molar-refractivity contribution in [2.24, 2.45) is 0 Å². The fourth-order valence-corrected chi connectivity index (χ4v) is 3.00. The maximum Gasteiger partial charge on any atom is 0.269 e. The molecular formula is C18H11ClN2O5. The van der Waals surface area contributed by atoms with E-state index in [0.717, 1.165) is 4.90 Å². The second kappa shape index (κ2) is 6.53. The number of hydrogen-bond donors (Lipinski definition) is 0. The zero-order valence-electron chi connectivity index (χ0n) is 13.4. The van der Waals surface area contributed by atoms with E-state index in [1.54, 1.807) is 12.1 Å². The predicted octanol–water partition coefficient (Wildman–Crippen LogP) is 3.48. The minimum Gasteiger partial charge on any atom is -0.287 e. The minimum atomic E-state index is -0.584. The van der Waals surface area contributed by atoms with Crippen molar-refractivity contribution in [3.63, 3.8) is 0 Å². The third-order valence-corrected chi connectivity index (χ3v) is 4.25. The molecule has 8 heteroatoms. The SMILES string of the molecule is CC(=O)N(C1=C(Cl)C(=O)c2ccccc2C1=O)c1ccc([N+](=O)[O-])cc1. The van der Waals surface area contributed by atoms with E-state index in [1.165, 1.54) is 43.3 Å². The molecule has 0 spiro atoms. The van der Waals surface area contributed by atoms with Gasteiger partial charge in [-0.05, 0) is 12.1 Å². The molecule has 0 unspecified atom stereocenters. The van der Waals surface area contributed by atoms with E-state index < -0.39 is 22.4 Å². The summed E-state index contributed by atoms with van der Waals surface area (Å²) in [6.45, 7) is 1.21. The standard InChI is InChI=1S/C18H11ClN2O5/c1-10(22)20(11-6-8-12(9-7-11)21(25)26)16-15(19)17(23)13-4-2-3-5-14(13)18(16)24/h2-9H,1H3. The fourth-order valence-electron chi connectivity index (χ4n) is 2.72. The number of hydrogen-bond acceptors (Lipinski definition) is 5. The van der Waals surface area contributed by atoms with Crippen LogP contribution < -0.4 is 4.90 Å². The number of allylic oxidation sites excluding steroid dienone is 2. The summed E-state index contributed by atoms with van der Waals surface area (Å²) in [4.78, 5) is 48.8. The van der Waals surface area contributed by atoms with Crippen LogP contribution in [0.25, 0.3) is 0 Å². The van der Waals surface area contributed by atoms with Gasteiger partial charge in [0.2, 0.25) is 17.5 Å². The zero-order valence-corrected chi connectivity index (χ0v) is 14.2. The highest BCUT2D eigenvalue weighted by Gasteiger charge is 2.36. The summed E-state index contributed by atoms with van der Waals surface area (Å²) in [6, 6.07) is 11.2. The van der Waals surface area contributed by atoms with Crippen LogP contribution in [0.5, 0.6) is 0 Å². The first-order chi connectivity index (χ1) is 12.3. The van der Waals surface area contributed by atoms with Gasteiger partial charge in [0, 0.05) is 35.9 Å². The number of rotatable bonds is 3. The Labute approximate surface area is 152 Å². The molecule has 0 aromatic heterocycles. The number of carbonyl (C=O) groups is 3. The van der Waals surface area contributed by atoms with Gasteiger partial charge in [-0.3, -0.25) is 29.4 Å². The predicted molar refractivity (Wildman–Crippen MR) is 94.2 cm³/mol. The number of nitro groups is 1. The summed E-state index contributed by atoms with van der Waals surface area (Å²) in [7, 11) is 0. The van der Waals surface area contributed by atoms with Gasteiger partial charge in [-0.15, -0.1) is 0 Å². The van der Waals surface area contributed by atoms with Gasteiger partial charge in [-0.1, -0.05) is 35.9 Å². The van der Waals surface area contributed by atoms with Crippen LogP contribution in [0.1, 0.15) is 27.6 Å². The third-order valence-electron chi connectivity index (χ3n) is 3.90. The van der Waals surface area contributed by atoms with Crippen molar-refractivity contribution in [3.8, 4) is 0 Å². The van der Waals surface area contributed by atoms with Gasteiger partial charge in [0.15, 0.2) is 0 Å². The first kappa shape index (κ1) is 17.5. The van der Waals surface area contributed by atoms with Gasteiger partial charge in [-0.2, -0.15) is 0 Å². The molecule has 0 bridgehead atoms. The molecule has 0 heterocycles. The van der Waals surface area contributed by atoms with Crippen molar-refractivity contribution < 1.29 is 19.3 Å². The number of anilines is 1. The first-order valence-electron chi connectivity index (χ1n) is 7.46. The number of nitro benzene ring substituents is 1. The first-order valence-corrected chi connectivity index (χ1v) is 7.84. The maximum atomic E-state index is 12.9. The minimum absolute atomic E-state index is 0.144. The van der Waals surface area contributed by atoms with E-state index in [9.17, 15) is 24.5 Å². The lowest BCUT2D eigenvalue weighted by Crippen LogP contribution is -2.36. The monoisotopic (exact) mass is 370 g/mol. The summed E-state index contributed by atoms with van der Waals surface area (Å²) in [6.07, 6.45) is 0. The van der Waals surface area contributed by atoms with Crippen LogP contribution in [-0.4, -0.2) is 22.4 Å². The Morgan fingerprint density at radius 3 is 2.04 bits per heavy atom. The Morgan fingerprint density at radius 1 is 1.00 bits per heavy atom. The van der Waals surface area contributed by atoms with Gasteiger partial charge in [-0.25, -0.2) is 0 Å². The van der Waals surface area contributed by atoms with Gasteiger partial charge in [0.25, 0.3) is 5.69 Å². The number of benzene rings is 2. The van der Waals surface area contributed by atoms with Crippen LogP contribution in [0, 0.1) is 10.1 Å². The van der Waals surface area contributed by atoms with Crippen LogP contribution >= 0.6 is 11.6 Å². The molecule has 0 aliphatic heterocycles. The van der Waals surface area contributed by atoms with Crippen molar-refractivity contribution >= 4 is 40.4 Å². The van der Waals surface area contributed by atoms with E-state index in [-0.39, 0.29) is 33.2 Å². The molecule has 3 rings (SSSR count). The molecule has 1 aliphatic rings. The summed E-state index contributed by atoms with van der Waals surface area (Å²) in [5, 5.41) is 10.4. The number of Topliss-reactive ketones (excluding diaryl/α,β-unsaturated/α-hetero) is 2. The van der Waals surface area contributed by atoms with Crippen molar-refractivity contribution in [2.45, 2.75) is 6.92 Å². The largest absolute Gasteiger partial charge is 0.287 e. The second-order valence-electron chi connectivity index (χ2n) is 5.49. The van der Waals surface area contributed by atoms with Crippen molar-refractivity contribution in [1.82, 2.24) is 0 Å². The maximum absolute atomic E-state index is 12.9. The Hall–Kier alpha value is -3.32. The highest BCUT2D eigenvalue weighted by atomic mass is 35.5. The van der Waals surface area contributed by atoms with Gasteiger partial charge < -0.3 is 0 Å². The summed E-state index contributed by atoms with van der Waals surface area (Å²) < 4.78 is 0. The highest BCUT2D eigenvalue weighted by molar-refractivity contribution is 6.50. The Kier molecular flexibility index (Phi) is 4.40. The molecule has 2 aromatic rings. The van der Waals surface area contributed by atoms with E-state index in [1.807, 2.05) is 0 Å². The Bertz CT molecular complexity index is 995. The smallest absolute Gasteiger partial charge is 0.269 e. The van der Waals surface area contributed by atoms with Gasteiger partial charge in [0.1, 0.15) is 10.7 Å². The molecule has 0 N–H and O–H groups in total. The summed E-state index contributed by atoms with van der Waals surface area (Å²) in [5.74, 6) is -1.70. The molecule has 0 saturated heterocycles. The third kappa shape index (κ3) is 2.78. The number of non-ortho nitro benzene ring substituents is 1. The lowest BCUT2D eigenvalue weighted by Gasteiger charge is -2.27. The fraction of sp³-hybridized carbons (Fsp3) is 0.0556. The molecular weight excluding hydrogens is 360 g/mol. The molecule has 1 amide bonds. The number of nitrogens with zero attached hydrogens (tertiary/aromatic N) is 2. The Balaban J connectivity index is 2.15. The van der Waals surface area contributed by atoms with Crippen LogP contribution in [-0.2, 0) is 4.79 Å². The van der Waals surface area contributed by atoms with Crippen molar-refractivity contribution in [2.75, 3.05) is 4.90 Å². The second-order valence-corrected chi connectivity index (χ2v) is 5.87. The highest BCUT2D eigenvalue weighted by Crippen LogP contribution is 2.33.